The van der Waals surface area contributed by atoms with Crippen LogP contribution in [0.5, 0.6) is 5.75 Å². The zero-order valence-corrected chi connectivity index (χ0v) is 30.8. The van der Waals surface area contributed by atoms with Gasteiger partial charge in [0.25, 0.3) is 11.8 Å². The smallest absolute Gasteiger partial charge is 0.262 e. The molecule has 266 valence electrons. The highest BCUT2D eigenvalue weighted by atomic mass is 35.5. The molecule has 4 aliphatic rings. The van der Waals surface area contributed by atoms with Crippen molar-refractivity contribution < 1.29 is 28.4 Å². The number of carbonyl (C=O) groups excluding carboxylic acids is 2. The molecule has 2 aliphatic carbocycles. The van der Waals surface area contributed by atoms with Gasteiger partial charge in [-0.05, 0) is 111 Å². The summed E-state index contributed by atoms with van der Waals surface area (Å²) >= 11 is 6.45. The monoisotopic (exact) mass is 711 g/mol. The summed E-state index contributed by atoms with van der Waals surface area (Å²) < 4.78 is 29.1. The number of fused-ring (bicyclic) bond motifs is 4. The number of aryl methyl sites for hydroxylation is 1. The number of anilines is 1. The van der Waals surface area contributed by atoms with E-state index < -0.39 is 32.6 Å². The van der Waals surface area contributed by atoms with E-state index in [0.29, 0.717) is 42.5 Å². The molecule has 0 radical (unpaired) electrons. The minimum absolute atomic E-state index is 0.0128. The van der Waals surface area contributed by atoms with E-state index in [-0.39, 0.29) is 29.1 Å². The number of methoxy groups -OCH3 is 1. The number of hydrogen-bond acceptors (Lipinski definition) is 7. The fourth-order valence-electron chi connectivity index (χ4n) is 8.41. The topological polar surface area (TPSA) is 108 Å². The number of halogens is 1. The van der Waals surface area contributed by atoms with E-state index in [9.17, 15) is 18.9 Å². The number of nitrogens with one attached hydrogen (secondary N) is 1. The number of allylic oxidation sites excluding steroid dienone is 1. The Morgan fingerprint density at radius 2 is 2.00 bits per heavy atom. The molecular formula is C38H50ClN3O6S. The van der Waals surface area contributed by atoms with Crippen LogP contribution in [0.3, 0.4) is 0 Å². The summed E-state index contributed by atoms with van der Waals surface area (Å²) in [6.45, 7) is 5.42. The Bertz CT molecular complexity index is 1750. The van der Waals surface area contributed by atoms with E-state index in [2.05, 4.69) is 27.6 Å². The Balaban J connectivity index is 1.48. The average molecular weight is 712 g/mol. The highest BCUT2D eigenvalue weighted by Crippen LogP contribution is 2.49. The molecule has 2 aromatic carbocycles. The van der Waals surface area contributed by atoms with Gasteiger partial charge in [0.2, 0.25) is 0 Å². The first kappa shape index (κ1) is 35.8. The summed E-state index contributed by atoms with van der Waals surface area (Å²) in [5.74, 6) is 3.46. The average Bonchev–Trinajstić information content (AvgIpc) is 3.18. The number of ether oxygens (including phenoxy) is 2. The van der Waals surface area contributed by atoms with Gasteiger partial charge in [-0.15, -0.1) is 0 Å². The van der Waals surface area contributed by atoms with Crippen LogP contribution in [0.2, 0.25) is 5.02 Å². The lowest BCUT2D eigenvalue weighted by Gasteiger charge is -2.51. The summed E-state index contributed by atoms with van der Waals surface area (Å²) in [6, 6.07) is 11.5. The van der Waals surface area contributed by atoms with Crippen LogP contribution in [0, 0.1) is 17.8 Å². The third-order valence-electron chi connectivity index (χ3n) is 11.6. The molecule has 11 heteroatoms. The van der Waals surface area contributed by atoms with Gasteiger partial charge in [-0.25, -0.2) is 4.21 Å². The van der Waals surface area contributed by atoms with E-state index in [1.54, 1.807) is 26.2 Å². The molecule has 8 atom stereocenters. The van der Waals surface area contributed by atoms with Crippen molar-refractivity contribution in [3.8, 4) is 5.75 Å². The molecule has 6 rings (SSSR count). The van der Waals surface area contributed by atoms with E-state index in [0.717, 1.165) is 37.8 Å². The molecule has 9 nitrogen and oxygen atoms in total. The zero-order chi connectivity index (χ0) is 35.3. The third-order valence-corrected chi connectivity index (χ3v) is 14.1. The number of likely N-dealkylation sites (N-methyl/N-ethyl adjacent to an activating group) is 1. The zero-order valence-electron chi connectivity index (χ0n) is 29.2. The maximum Gasteiger partial charge on any atom is 0.262 e. The maximum atomic E-state index is 13.9. The fraction of sp³-hybridized carbons (Fsp3) is 0.553. The van der Waals surface area contributed by atoms with Crippen LogP contribution in [-0.4, -0.2) is 89.8 Å². The number of nitrogens with zero attached hydrogens (tertiary/aromatic N) is 2. The molecule has 2 bridgehead atoms. The summed E-state index contributed by atoms with van der Waals surface area (Å²) in [6.07, 6.45) is 7.38. The Kier molecular flexibility index (Phi) is 9.91. The molecule has 1 fully saturated rings. The van der Waals surface area contributed by atoms with Crippen LogP contribution in [0.1, 0.15) is 67.4 Å². The van der Waals surface area contributed by atoms with Crippen molar-refractivity contribution in [1.82, 2.24) is 9.62 Å². The molecule has 2 aromatic rings. The molecule has 49 heavy (non-hydrogen) atoms. The number of hydrogen-bond donors (Lipinski definition) is 2. The molecule has 2 heterocycles. The van der Waals surface area contributed by atoms with Gasteiger partial charge in [-0.2, -0.15) is 0 Å². The molecule has 1 saturated carbocycles. The molecular weight excluding hydrogens is 662 g/mol. The van der Waals surface area contributed by atoms with E-state index in [4.69, 9.17) is 21.1 Å². The van der Waals surface area contributed by atoms with E-state index in [1.165, 1.54) is 23.1 Å². The van der Waals surface area contributed by atoms with Crippen molar-refractivity contribution in [1.29, 1.82) is 0 Å². The lowest BCUT2D eigenvalue weighted by atomic mass is 9.62. The summed E-state index contributed by atoms with van der Waals surface area (Å²) in [5.41, 5.74) is 1.67. The lowest BCUT2D eigenvalue weighted by molar-refractivity contribution is -0.168. The number of benzene rings is 2. The molecule has 2 N–H and O–H groups in total. The predicted octanol–water partition coefficient (Wildman–Crippen LogP) is 5.02. The van der Waals surface area contributed by atoms with Gasteiger partial charge in [-0.3, -0.25) is 14.3 Å². The van der Waals surface area contributed by atoms with Crippen LogP contribution in [0.25, 0.3) is 0 Å². The van der Waals surface area contributed by atoms with Crippen molar-refractivity contribution in [2.75, 3.05) is 45.8 Å². The summed E-state index contributed by atoms with van der Waals surface area (Å²) in [5, 5.41) is 12.9. The van der Waals surface area contributed by atoms with Crippen molar-refractivity contribution in [3.63, 3.8) is 0 Å². The van der Waals surface area contributed by atoms with E-state index in [1.807, 2.05) is 38.1 Å². The number of rotatable bonds is 3. The molecule has 1 unspecified atom stereocenters. The van der Waals surface area contributed by atoms with Crippen molar-refractivity contribution in [2.45, 2.75) is 74.7 Å². The second-order valence-electron chi connectivity index (χ2n) is 14.9. The fourth-order valence-corrected chi connectivity index (χ4v) is 10.1. The predicted molar refractivity (Wildman–Crippen MR) is 196 cm³/mol. The van der Waals surface area contributed by atoms with Gasteiger partial charge in [0, 0.05) is 55.5 Å². The maximum absolute atomic E-state index is 13.9. The van der Waals surface area contributed by atoms with Crippen molar-refractivity contribution >= 4 is 44.7 Å². The quantitative estimate of drug-likeness (QED) is 0.340. The third kappa shape index (κ3) is 6.62. The van der Waals surface area contributed by atoms with Crippen molar-refractivity contribution in [2.24, 2.45) is 17.8 Å². The number of amides is 2. The second-order valence-corrected chi connectivity index (χ2v) is 17.8. The van der Waals surface area contributed by atoms with Gasteiger partial charge in [0.1, 0.15) is 11.4 Å². The van der Waals surface area contributed by atoms with Gasteiger partial charge in [-0.1, -0.05) is 36.7 Å². The van der Waals surface area contributed by atoms with Crippen LogP contribution in [-0.2, 0) is 31.1 Å². The van der Waals surface area contributed by atoms with Crippen LogP contribution < -0.4 is 14.4 Å². The molecule has 1 spiro atoms. The second kappa shape index (κ2) is 13.6. The number of carbonyl (C=O) groups is 2. The van der Waals surface area contributed by atoms with Gasteiger partial charge in [0.15, 0.2) is 6.10 Å². The van der Waals surface area contributed by atoms with Crippen LogP contribution in [0.15, 0.2) is 48.6 Å². The van der Waals surface area contributed by atoms with E-state index >= 15 is 0 Å². The minimum Gasteiger partial charge on any atom is -0.490 e. The lowest BCUT2D eigenvalue weighted by Crippen LogP contribution is -2.60. The van der Waals surface area contributed by atoms with Crippen LogP contribution >= 0.6 is 11.6 Å². The Hall–Kier alpha value is -3.05. The Morgan fingerprint density at radius 3 is 2.69 bits per heavy atom. The highest BCUT2D eigenvalue weighted by Gasteiger charge is 2.54. The first-order chi connectivity index (χ1) is 23.2. The van der Waals surface area contributed by atoms with Crippen LogP contribution in [0.4, 0.5) is 5.69 Å². The molecule has 2 aliphatic heterocycles. The largest absolute Gasteiger partial charge is 0.490 e. The molecule has 2 amide bonds. The minimum atomic E-state index is -3.06. The normalized spacial score (nSPS) is 34.3. The Morgan fingerprint density at radius 1 is 1.22 bits per heavy atom. The van der Waals surface area contributed by atoms with Gasteiger partial charge >= 0.3 is 0 Å². The highest BCUT2D eigenvalue weighted by molar-refractivity contribution is 7.99. The summed E-state index contributed by atoms with van der Waals surface area (Å²) in [4.78, 5) is 31.0. The first-order valence-corrected chi connectivity index (χ1v) is 19.5. The molecule has 0 saturated heterocycles. The SMILES string of the molecule is C=S1(=O)NC(=O)c2ccc3c(c2)N(C[C@@H]2CC[C@H]2[C@@](O)([C@H](OC)C(=O)N(C)C)/C=C/C[C@H](C)[C@H]1C)C[C@@]1(CCCc2cc(Cl)ccc21)CO3. The molecule has 0 aromatic heterocycles. The van der Waals surface area contributed by atoms with Gasteiger partial charge < -0.3 is 24.4 Å². The standard InChI is InChI=1S/C38H50ClN3O6S/c1-24-9-7-18-38(45,34(47-5)36(44)41(3)4)31-14-11-28(31)21-42-22-37(17-8-10-26-19-29(39)13-15-30(26)37)23-48-33-16-12-27(20-32(33)42)35(43)40-49(6,46)25(24)2/h7,12-13,15-16,18-20,24-25,28,31,34,45H,6,8-11,14,17,21-23H2,1-5H3,(H,40,43,46)/b18-7+/t24-,25+,28-,31+,34+,37-,38+,49?/m0/s1. The first-order valence-electron chi connectivity index (χ1n) is 17.3. The van der Waals surface area contributed by atoms with Gasteiger partial charge in [0.05, 0.1) is 22.0 Å². The summed E-state index contributed by atoms with van der Waals surface area (Å²) in [7, 11) is 1.74. The Labute approximate surface area is 296 Å². The van der Waals surface area contributed by atoms with Crippen molar-refractivity contribution in [3.05, 3.63) is 70.3 Å². The number of aliphatic hydroxyl groups is 1.